The van der Waals surface area contributed by atoms with Crippen LogP contribution < -0.4 is 10.6 Å². The molecular formula is C18H32N2O. The van der Waals surface area contributed by atoms with Crippen molar-refractivity contribution in [3.8, 4) is 0 Å². The Morgan fingerprint density at radius 2 is 1.43 bits per heavy atom. The van der Waals surface area contributed by atoms with Gasteiger partial charge in [-0.1, -0.05) is 0 Å². The Bertz CT molecular complexity index is 369. The van der Waals surface area contributed by atoms with E-state index < -0.39 is 0 Å². The zero-order valence-corrected chi connectivity index (χ0v) is 14.1. The topological polar surface area (TPSA) is 41.1 Å². The Balaban J connectivity index is 1.62. The van der Waals surface area contributed by atoms with Crippen LogP contribution in [0.5, 0.6) is 0 Å². The molecule has 4 aliphatic rings. The molecule has 2 N–H and O–H groups in total. The van der Waals surface area contributed by atoms with Gasteiger partial charge in [-0.3, -0.25) is 4.79 Å². The summed E-state index contributed by atoms with van der Waals surface area (Å²) in [6.45, 7) is 8.38. The van der Waals surface area contributed by atoms with E-state index in [9.17, 15) is 4.79 Å². The molecule has 4 rings (SSSR count). The van der Waals surface area contributed by atoms with E-state index in [1.165, 1.54) is 38.5 Å². The zero-order chi connectivity index (χ0) is 15.2. The summed E-state index contributed by atoms with van der Waals surface area (Å²) in [6, 6.07) is 0.589. The molecule has 0 aromatic carbocycles. The molecule has 1 amide bonds. The molecule has 0 spiro atoms. The first-order valence-electron chi connectivity index (χ1n) is 8.94. The maximum absolute atomic E-state index is 12.1. The zero-order valence-electron chi connectivity index (χ0n) is 14.1. The fourth-order valence-corrected chi connectivity index (χ4v) is 5.74. The molecule has 3 heteroatoms. The number of amides is 1. The lowest BCUT2D eigenvalue weighted by Gasteiger charge is -2.59. The molecule has 4 bridgehead atoms. The van der Waals surface area contributed by atoms with Crippen LogP contribution in [0.2, 0.25) is 0 Å². The summed E-state index contributed by atoms with van der Waals surface area (Å²) in [7, 11) is 0. The van der Waals surface area contributed by atoms with Gasteiger partial charge in [-0.05, 0) is 89.4 Å². The van der Waals surface area contributed by atoms with Crippen molar-refractivity contribution in [3.63, 3.8) is 0 Å². The largest absolute Gasteiger partial charge is 0.353 e. The molecule has 0 heterocycles. The van der Waals surface area contributed by atoms with Gasteiger partial charge in [-0.2, -0.15) is 0 Å². The highest BCUT2D eigenvalue weighted by Crippen LogP contribution is 2.61. The molecule has 0 aliphatic heterocycles. The molecule has 4 fully saturated rings. The van der Waals surface area contributed by atoms with Crippen molar-refractivity contribution in [2.24, 2.45) is 23.2 Å². The number of carbonyl (C=O) groups is 1. The summed E-state index contributed by atoms with van der Waals surface area (Å²) >= 11 is 0. The minimum atomic E-state index is -0.0876. The maximum Gasteiger partial charge on any atom is 0.237 e. The van der Waals surface area contributed by atoms with Crippen LogP contribution in [0.15, 0.2) is 0 Å². The van der Waals surface area contributed by atoms with E-state index in [2.05, 4.69) is 17.6 Å². The van der Waals surface area contributed by atoms with Crippen LogP contribution in [0.3, 0.4) is 0 Å². The molecule has 0 unspecified atom stereocenters. The molecule has 120 valence electrons. The second kappa shape index (κ2) is 5.57. The van der Waals surface area contributed by atoms with Crippen molar-refractivity contribution in [2.75, 3.05) is 0 Å². The molecule has 0 aromatic heterocycles. The molecule has 2 atom stereocenters. The second-order valence-corrected chi connectivity index (χ2v) is 8.55. The summed E-state index contributed by atoms with van der Waals surface area (Å²) in [5.74, 6) is 3.06. The lowest BCUT2D eigenvalue weighted by atomic mass is 9.48. The van der Waals surface area contributed by atoms with E-state index in [1.54, 1.807) is 0 Å². The van der Waals surface area contributed by atoms with Crippen LogP contribution in [0.4, 0.5) is 0 Å². The van der Waals surface area contributed by atoms with E-state index in [-0.39, 0.29) is 18.0 Å². The Kier molecular flexibility index (Phi) is 4.06. The van der Waals surface area contributed by atoms with Crippen LogP contribution >= 0.6 is 0 Å². The lowest BCUT2D eigenvalue weighted by molar-refractivity contribution is -0.124. The third kappa shape index (κ3) is 2.99. The molecule has 0 radical (unpaired) electrons. The predicted molar refractivity (Wildman–Crippen MR) is 85.9 cm³/mol. The standard InChI is InChI=1S/C18H32N2O/c1-11(2)19-17(21)12(3)20-13(4)18-8-14-5-15(9-18)7-16(6-14)10-18/h11-16,20H,5-10H2,1-4H3,(H,19,21)/t12-,13+,14?,15?,16?,18?/m0/s1. The van der Waals surface area contributed by atoms with Gasteiger partial charge in [0.2, 0.25) is 5.91 Å². The first-order chi connectivity index (χ1) is 9.88. The highest BCUT2D eigenvalue weighted by molar-refractivity contribution is 5.81. The maximum atomic E-state index is 12.1. The van der Waals surface area contributed by atoms with Crippen molar-refractivity contribution >= 4 is 5.91 Å². The van der Waals surface area contributed by atoms with Gasteiger partial charge in [0.1, 0.15) is 0 Å². The molecular weight excluding hydrogens is 260 g/mol. The van der Waals surface area contributed by atoms with Crippen LogP contribution in [-0.2, 0) is 4.79 Å². The van der Waals surface area contributed by atoms with Crippen LogP contribution in [0, 0.1) is 23.2 Å². The second-order valence-electron chi connectivity index (χ2n) is 8.55. The molecule has 4 aliphatic carbocycles. The van der Waals surface area contributed by atoms with Gasteiger partial charge in [-0.25, -0.2) is 0 Å². The van der Waals surface area contributed by atoms with Gasteiger partial charge >= 0.3 is 0 Å². The molecule has 4 saturated carbocycles. The molecule has 0 aromatic rings. The van der Waals surface area contributed by atoms with E-state index in [0.29, 0.717) is 11.5 Å². The molecule has 0 saturated heterocycles. The van der Waals surface area contributed by atoms with E-state index >= 15 is 0 Å². The van der Waals surface area contributed by atoms with Gasteiger partial charge in [0.25, 0.3) is 0 Å². The monoisotopic (exact) mass is 292 g/mol. The van der Waals surface area contributed by atoms with Crippen molar-refractivity contribution in [1.82, 2.24) is 10.6 Å². The third-order valence-corrected chi connectivity index (χ3v) is 6.33. The minimum Gasteiger partial charge on any atom is -0.353 e. The Labute approximate surface area is 129 Å². The van der Waals surface area contributed by atoms with E-state index in [4.69, 9.17) is 0 Å². The fraction of sp³-hybridized carbons (Fsp3) is 0.944. The average molecular weight is 292 g/mol. The normalized spacial score (nSPS) is 40.3. The van der Waals surface area contributed by atoms with Crippen LogP contribution in [-0.4, -0.2) is 24.0 Å². The highest BCUT2D eigenvalue weighted by Gasteiger charge is 2.53. The first kappa shape index (κ1) is 15.3. The number of carbonyl (C=O) groups excluding carboxylic acids is 1. The Morgan fingerprint density at radius 3 is 1.86 bits per heavy atom. The first-order valence-corrected chi connectivity index (χ1v) is 8.94. The molecule has 21 heavy (non-hydrogen) atoms. The number of rotatable bonds is 5. The lowest BCUT2D eigenvalue weighted by Crippen LogP contribution is -2.58. The van der Waals surface area contributed by atoms with Crippen molar-refractivity contribution < 1.29 is 4.79 Å². The number of hydrogen-bond donors (Lipinski definition) is 2. The summed E-state index contributed by atoms with van der Waals surface area (Å²) in [5.41, 5.74) is 0.473. The van der Waals surface area contributed by atoms with Gasteiger partial charge in [-0.15, -0.1) is 0 Å². The average Bonchev–Trinajstić information content (AvgIpc) is 2.35. The summed E-state index contributed by atoms with van der Waals surface area (Å²) in [4.78, 5) is 12.1. The Morgan fingerprint density at radius 1 is 0.952 bits per heavy atom. The number of nitrogens with one attached hydrogen (secondary N) is 2. The summed E-state index contributed by atoms with van der Waals surface area (Å²) in [6.07, 6.45) is 8.63. The quantitative estimate of drug-likeness (QED) is 0.817. The highest BCUT2D eigenvalue weighted by atomic mass is 16.2. The SMILES string of the molecule is CC(C)NC(=O)[C@H](C)N[C@H](C)C12CC3CC(CC(C3)C1)C2. The smallest absolute Gasteiger partial charge is 0.237 e. The van der Waals surface area contributed by atoms with E-state index in [1.807, 2.05) is 20.8 Å². The van der Waals surface area contributed by atoms with Gasteiger partial charge in [0, 0.05) is 12.1 Å². The summed E-state index contributed by atoms with van der Waals surface area (Å²) < 4.78 is 0. The van der Waals surface area contributed by atoms with Gasteiger partial charge < -0.3 is 10.6 Å². The fourth-order valence-electron chi connectivity index (χ4n) is 5.74. The molecule has 3 nitrogen and oxygen atoms in total. The van der Waals surface area contributed by atoms with E-state index in [0.717, 1.165) is 17.8 Å². The van der Waals surface area contributed by atoms with Crippen LogP contribution in [0.25, 0.3) is 0 Å². The Hall–Kier alpha value is -0.570. The van der Waals surface area contributed by atoms with Gasteiger partial charge in [0.15, 0.2) is 0 Å². The summed E-state index contributed by atoms with van der Waals surface area (Å²) in [5, 5.41) is 6.65. The third-order valence-electron chi connectivity index (χ3n) is 6.33. The van der Waals surface area contributed by atoms with Crippen LogP contribution in [0.1, 0.15) is 66.2 Å². The van der Waals surface area contributed by atoms with Crippen molar-refractivity contribution in [2.45, 2.75) is 84.3 Å². The minimum absolute atomic E-state index is 0.0876. The van der Waals surface area contributed by atoms with Gasteiger partial charge in [0.05, 0.1) is 6.04 Å². The predicted octanol–water partition coefficient (Wildman–Crippen LogP) is 3.09. The van der Waals surface area contributed by atoms with Crippen molar-refractivity contribution in [1.29, 1.82) is 0 Å². The van der Waals surface area contributed by atoms with Crippen molar-refractivity contribution in [3.05, 3.63) is 0 Å². The number of hydrogen-bond acceptors (Lipinski definition) is 2.